The van der Waals surface area contributed by atoms with Gasteiger partial charge in [-0.3, -0.25) is 4.79 Å². The normalized spacial score (nSPS) is 19.7. The molecular formula is C11H15NO2S2. The summed E-state index contributed by atoms with van der Waals surface area (Å²) in [6.07, 6.45) is 2.49. The molecule has 0 aliphatic carbocycles. The fourth-order valence-corrected chi connectivity index (χ4v) is 3.69. The van der Waals surface area contributed by atoms with E-state index in [1.54, 1.807) is 7.11 Å². The second kappa shape index (κ2) is 5.59. The molecule has 1 aliphatic heterocycles. The number of ether oxygens (including phenoxy) is 1. The lowest BCUT2D eigenvalue weighted by molar-refractivity contribution is 0.0955. The topological polar surface area (TPSA) is 38.3 Å². The molecule has 1 aromatic heterocycles. The van der Waals surface area contributed by atoms with Gasteiger partial charge in [-0.25, -0.2) is 0 Å². The number of carbonyl (C=O) groups excluding carboxylic acids is 1. The number of hydrogen-bond donors (Lipinski definition) is 1. The van der Waals surface area contributed by atoms with Crippen LogP contribution >= 0.6 is 23.1 Å². The van der Waals surface area contributed by atoms with E-state index in [9.17, 15) is 4.79 Å². The summed E-state index contributed by atoms with van der Waals surface area (Å²) in [6.45, 7) is 0.768. The zero-order valence-electron chi connectivity index (χ0n) is 9.19. The van der Waals surface area contributed by atoms with E-state index in [0.29, 0.717) is 15.9 Å². The number of hydrogen-bond acceptors (Lipinski definition) is 4. The van der Waals surface area contributed by atoms with Crippen molar-refractivity contribution < 1.29 is 9.53 Å². The number of amides is 1. The van der Waals surface area contributed by atoms with Crippen molar-refractivity contribution in [1.29, 1.82) is 0 Å². The zero-order chi connectivity index (χ0) is 11.4. The van der Waals surface area contributed by atoms with Gasteiger partial charge in [-0.2, -0.15) is 11.8 Å². The monoisotopic (exact) mass is 257 g/mol. The average Bonchev–Trinajstić information content (AvgIpc) is 2.96. The Labute approximate surface area is 104 Å². The molecule has 88 valence electrons. The summed E-state index contributed by atoms with van der Waals surface area (Å²) in [6, 6.07) is 1.82. The highest BCUT2D eigenvalue weighted by Crippen LogP contribution is 2.26. The molecule has 16 heavy (non-hydrogen) atoms. The Morgan fingerprint density at radius 1 is 1.69 bits per heavy atom. The zero-order valence-corrected chi connectivity index (χ0v) is 10.8. The molecule has 2 rings (SSSR count). The summed E-state index contributed by atoms with van der Waals surface area (Å²) in [5.41, 5.74) is 0. The first kappa shape index (κ1) is 11.8. The van der Waals surface area contributed by atoms with Crippen LogP contribution < -0.4 is 10.1 Å². The van der Waals surface area contributed by atoms with Gasteiger partial charge in [0.25, 0.3) is 5.91 Å². The van der Waals surface area contributed by atoms with E-state index in [4.69, 9.17) is 4.74 Å². The van der Waals surface area contributed by atoms with Gasteiger partial charge in [-0.05, 0) is 30.0 Å². The number of thioether (sulfide) groups is 1. The first-order chi connectivity index (χ1) is 7.81. The van der Waals surface area contributed by atoms with Crippen LogP contribution in [0.25, 0.3) is 0 Å². The van der Waals surface area contributed by atoms with Crippen molar-refractivity contribution in [3.8, 4) is 5.75 Å². The molecule has 3 nitrogen and oxygen atoms in total. The second-order valence-corrected chi connectivity index (χ2v) is 5.99. The molecule has 0 radical (unpaired) electrons. The van der Waals surface area contributed by atoms with Gasteiger partial charge in [0, 0.05) is 11.8 Å². The first-order valence-electron chi connectivity index (χ1n) is 5.32. The summed E-state index contributed by atoms with van der Waals surface area (Å²) in [4.78, 5) is 12.5. The highest BCUT2D eigenvalue weighted by molar-refractivity contribution is 8.00. The number of rotatable bonds is 4. The molecule has 5 heteroatoms. The van der Waals surface area contributed by atoms with Crippen molar-refractivity contribution in [3.63, 3.8) is 0 Å². The van der Waals surface area contributed by atoms with E-state index in [-0.39, 0.29) is 5.91 Å². The molecule has 0 unspecified atom stereocenters. The molecule has 1 aliphatic rings. The van der Waals surface area contributed by atoms with Crippen LogP contribution in [0.2, 0.25) is 0 Å². The number of methoxy groups -OCH3 is 1. The predicted octanol–water partition coefficient (Wildman–Crippen LogP) is 2.38. The molecule has 1 fully saturated rings. The average molecular weight is 257 g/mol. The summed E-state index contributed by atoms with van der Waals surface area (Å²) in [7, 11) is 1.59. The van der Waals surface area contributed by atoms with Gasteiger partial charge < -0.3 is 10.1 Å². The van der Waals surface area contributed by atoms with Gasteiger partial charge in [-0.15, -0.1) is 11.3 Å². The fraction of sp³-hybridized carbons (Fsp3) is 0.545. The quantitative estimate of drug-likeness (QED) is 0.900. The minimum Gasteiger partial charge on any atom is -0.495 e. The van der Waals surface area contributed by atoms with Crippen molar-refractivity contribution in [2.45, 2.75) is 18.1 Å². The number of thiophene rings is 1. The molecule has 0 spiro atoms. The fourth-order valence-electron chi connectivity index (χ4n) is 1.72. The van der Waals surface area contributed by atoms with Gasteiger partial charge in [0.15, 0.2) is 0 Å². The number of carbonyl (C=O) groups is 1. The minimum atomic E-state index is -0.0145. The molecular weight excluding hydrogens is 242 g/mol. The van der Waals surface area contributed by atoms with Crippen LogP contribution in [0.3, 0.4) is 0 Å². The Hall–Kier alpha value is -0.680. The molecule has 1 N–H and O–H groups in total. The third-order valence-corrected chi connectivity index (χ3v) is 4.86. The number of nitrogens with one attached hydrogen (secondary N) is 1. The first-order valence-corrected chi connectivity index (χ1v) is 7.25. The minimum absolute atomic E-state index is 0.0145. The van der Waals surface area contributed by atoms with Crippen LogP contribution in [0.1, 0.15) is 22.5 Å². The summed E-state index contributed by atoms with van der Waals surface area (Å²) in [5, 5.41) is 5.44. The third kappa shape index (κ3) is 2.71. The highest BCUT2D eigenvalue weighted by Gasteiger charge is 2.18. The van der Waals surface area contributed by atoms with Gasteiger partial charge in [0.2, 0.25) is 0 Å². The Morgan fingerprint density at radius 3 is 3.25 bits per heavy atom. The Balaban J connectivity index is 1.87. The summed E-state index contributed by atoms with van der Waals surface area (Å²) in [5.74, 6) is 1.88. The lowest BCUT2D eigenvalue weighted by Crippen LogP contribution is -2.29. The Kier molecular flexibility index (Phi) is 4.12. The van der Waals surface area contributed by atoms with E-state index in [0.717, 1.165) is 6.54 Å². The molecule has 1 aromatic rings. The van der Waals surface area contributed by atoms with E-state index in [2.05, 4.69) is 5.32 Å². The molecule has 0 saturated carbocycles. The summed E-state index contributed by atoms with van der Waals surface area (Å²) < 4.78 is 5.12. The van der Waals surface area contributed by atoms with Crippen LogP contribution in [0.4, 0.5) is 0 Å². The van der Waals surface area contributed by atoms with Gasteiger partial charge in [-0.1, -0.05) is 0 Å². The molecule has 1 amide bonds. The van der Waals surface area contributed by atoms with Crippen molar-refractivity contribution in [1.82, 2.24) is 5.32 Å². The van der Waals surface area contributed by atoms with Crippen LogP contribution in [-0.2, 0) is 0 Å². The van der Waals surface area contributed by atoms with Crippen molar-refractivity contribution in [3.05, 3.63) is 16.3 Å². The highest BCUT2D eigenvalue weighted by atomic mass is 32.2. The van der Waals surface area contributed by atoms with Crippen LogP contribution in [0.15, 0.2) is 11.4 Å². The smallest absolute Gasteiger partial charge is 0.265 e. The maximum atomic E-state index is 11.9. The van der Waals surface area contributed by atoms with E-state index < -0.39 is 0 Å². The maximum absolute atomic E-state index is 11.9. The Bertz CT molecular complexity index is 359. The summed E-state index contributed by atoms with van der Waals surface area (Å²) >= 11 is 3.37. The van der Waals surface area contributed by atoms with Crippen molar-refractivity contribution in [2.75, 3.05) is 19.4 Å². The van der Waals surface area contributed by atoms with Crippen LogP contribution in [-0.4, -0.2) is 30.6 Å². The lowest BCUT2D eigenvalue weighted by Gasteiger charge is -2.09. The SMILES string of the molecule is COc1ccsc1C(=O)NC[C@@H]1CCCS1. The van der Waals surface area contributed by atoms with E-state index in [1.165, 1.54) is 29.9 Å². The van der Waals surface area contributed by atoms with Gasteiger partial charge >= 0.3 is 0 Å². The molecule has 0 bridgehead atoms. The predicted molar refractivity (Wildman–Crippen MR) is 68.7 cm³/mol. The Morgan fingerprint density at radius 2 is 2.56 bits per heavy atom. The van der Waals surface area contributed by atoms with E-state index >= 15 is 0 Å². The second-order valence-electron chi connectivity index (χ2n) is 3.66. The molecule has 1 saturated heterocycles. The van der Waals surface area contributed by atoms with Gasteiger partial charge in [0.1, 0.15) is 10.6 Å². The third-order valence-electron chi connectivity index (χ3n) is 2.57. The van der Waals surface area contributed by atoms with Crippen LogP contribution in [0.5, 0.6) is 5.75 Å². The van der Waals surface area contributed by atoms with E-state index in [1.807, 2.05) is 23.2 Å². The molecule has 0 aromatic carbocycles. The largest absolute Gasteiger partial charge is 0.495 e. The van der Waals surface area contributed by atoms with Gasteiger partial charge in [0.05, 0.1) is 7.11 Å². The standard InChI is InChI=1S/C11H15NO2S2/c1-14-9-4-6-16-10(9)11(13)12-7-8-3-2-5-15-8/h4,6,8H,2-3,5,7H2,1H3,(H,12,13)/t8-/m0/s1. The van der Waals surface area contributed by atoms with Crippen molar-refractivity contribution in [2.24, 2.45) is 0 Å². The lowest BCUT2D eigenvalue weighted by atomic mass is 10.2. The van der Waals surface area contributed by atoms with Crippen LogP contribution in [0, 0.1) is 0 Å². The molecule has 2 heterocycles. The maximum Gasteiger partial charge on any atom is 0.265 e. The molecule has 1 atom stereocenters. The van der Waals surface area contributed by atoms with Crippen molar-refractivity contribution >= 4 is 29.0 Å².